The lowest BCUT2D eigenvalue weighted by Crippen LogP contribution is -2.03. The molecule has 98 valence electrons. The van der Waals surface area contributed by atoms with Crippen LogP contribution < -0.4 is 0 Å². The fourth-order valence-electron chi connectivity index (χ4n) is 2.36. The number of rotatable bonds is 3. The summed E-state index contributed by atoms with van der Waals surface area (Å²) in [5.74, 6) is 1.03. The number of fused-ring (bicyclic) bond motifs is 1. The molecule has 0 radical (unpaired) electrons. The first-order chi connectivity index (χ1) is 8.41. The van der Waals surface area contributed by atoms with Gasteiger partial charge in [-0.25, -0.2) is 0 Å². The number of aromatic nitrogens is 2. The minimum absolute atomic E-state index is 0.405. The number of hydrogen-bond donors (Lipinski definition) is 0. The lowest BCUT2D eigenvalue weighted by Gasteiger charge is -2.09. The SMILES string of the molecule is CC(C)c1ccc2c(C(C)C)nn(C(C)C)c2c1. The van der Waals surface area contributed by atoms with Crippen molar-refractivity contribution in [2.75, 3.05) is 0 Å². The van der Waals surface area contributed by atoms with E-state index >= 15 is 0 Å². The van der Waals surface area contributed by atoms with Crippen LogP contribution in [0.2, 0.25) is 0 Å². The van der Waals surface area contributed by atoms with Gasteiger partial charge >= 0.3 is 0 Å². The van der Waals surface area contributed by atoms with Gasteiger partial charge in [0.1, 0.15) is 0 Å². The molecule has 0 aliphatic heterocycles. The molecule has 0 saturated heterocycles. The van der Waals surface area contributed by atoms with Crippen molar-refractivity contribution in [3.8, 4) is 0 Å². The molecule has 2 heteroatoms. The quantitative estimate of drug-likeness (QED) is 0.753. The Hall–Kier alpha value is -1.31. The van der Waals surface area contributed by atoms with E-state index in [0.29, 0.717) is 17.9 Å². The van der Waals surface area contributed by atoms with Crippen LogP contribution in [-0.2, 0) is 0 Å². The van der Waals surface area contributed by atoms with Crippen LogP contribution in [0.15, 0.2) is 18.2 Å². The Morgan fingerprint density at radius 3 is 2.11 bits per heavy atom. The molecule has 0 fully saturated rings. The molecule has 0 bridgehead atoms. The molecule has 1 aromatic carbocycles. The van der Waals surface area contributed by atoms with Crippen molar-refractivity contribution in [1.82, 2.24) is 9.78 Å². The van der Waals surface area contributed by atoms with Gasteiger partial charge in [0.2, 0.25) is 0 Å². The topological polar surface area (TPSA) is 17.8 Å². The van der Waals surface area contributed by atoms with Crippen molar-refractivity contribution in [3.63, 3.8) is 0 Å². The first-order valence-electron chi connectivity index (χ1n) is 6.93. The van der Waals surface area contributed by atoms with Crippen LogP contribution in [0.5, 0.6) is 0 Å². The Kier molecular flexibility index (Phi) is 3.47. The molecule has 2 nitrogen and oxygen atoms in total. The highest BCUT2D eigenvalue weighted by atomic mass is 15.3. The molecule has 0 aliphatic rings. The third-order valence-electron chi connectivity index (χ3n) is 3.46. The first kappa shape index (κ1) is 13.1. The normalized spacial score (nSPS) is 12.3. The molecule has 18 heavy (non-hydrogen) atoms. The van der Waals surface area contributed by atoms with Gasteiger partial charge in [0.15, 0.2) is 0 Å². The molecule has 0 aliphatic carbocycles. The van der Waals surface area contributed by atoms with Crippen LogP contribution in [0.4, 0.5) is 0 Å². The molecule has 0 unspecified atom stereocenters. The van der Waals surface area contributed by atoms with E-state index in [9.17, 15) is 0 Å². The molecule has 1 aromatic heterocycles. The molecule has 0 amide bonds. The van der Waals surface area contributed by atoms with Crippen molar-refractivity contribution in [2.45, 2.75) is 59.4 Å². The summed E-state index contributed by atoms with van der Waals surface area (Å²) in [5.41, 5.74) is 3.88. The van der Waals surface area contributed by atoms with E-state index < -0.39 is 0 Å². The molecule has 2 rings (SSSR count). The van der Waals surface area contributed by atoms with Crippen molar-refractivity contribution in [3.05, 3.63) is 29.5 Å². The Morgan fingerprint density at radius 1 is 0.944 bits per heavy atom. The van der Waals surface area contributed by atoms with Crippen LogP contribution >= 0.6 is 0 Å². The predicted octanol–water partition coefficient (Wildman–Crippen LogP) is 4.86. The van der Waals surface area contributed by atoms with Gasteiger partial charge in [0, 0.05) is 11.4 Å². The smallest absolute Gasteiger partial charge is 0.0728 e. The zero-order valence-electron chi connectivity index (χ0n) is 12.4. The van der Waals surface area contributed by atoms with E-state index in [4.69, 9.17) is 5.10 Å². The lowest BCUT2D eigenvalue weighted by molar-refractivity contribution is 0.539. The van der Waals surface area contributed by atoms with Gasteiger partial charge in [-0.1, -0.05) is 39.8 Å². The maximum absolute atomic E-state index is 4.81. The highest BCUT2D eigenvalue weighted by Gasteiger charge is 2.15. The van der Waals surface area contributed by atoms with Crippen molar-refractivity contribution in [2.24, 2.45) is 0 Å². The van der Waals surface area contributed by atoms with Crippen LogP contribution in [0, 0.1) is 0 Å². The van der Waals surface area contributed by atoms with Crippen molar-refractivity contribution in [1.29, 1.82) is 0 Å². The summed E-state index contributed by atoms with van der Waals surface area (Å²) in [7, 11) is 0. The highest BCUT2D eigenvalue weighted by molar-refractivity contribution is 5.83. The summed E-state index contributed by atoms with van der Waals surface area (Å²) >= 11 is 0. The van der Waals surface area contributed by atoms with Gasteiger partial charge in [0.05, 0.1) is 11.2 Å². The standard InChI is InChI=1S/C16H24N2/c1-10(2)13-7-8-14-15(9-13)18(12(5)6)17-16(14)11(3)4/h7-12H,1-6H3. The van der Waals surface area contributed by atoms with E-state index in [1.165, 1.54) is 22.2 Å². The summed E-state index contributed by atoms with van der Waals surface area (Å²) in [5, 5.41) is 6.11. The van der Waals surface area contributed by atoms with Crippen LogP contribution in [0.3, 0.4) is 0 Å². The van der Waals surface area contributed by atoms with Crippen molar-refractivity contribution >= 4 is 10.9 Å². The molecular weight excluding hydrogens is 220 g/mol. The van der Waals surface area contributed by atoms with E-state index in [-0.39, 0.29) is 0 Å². The molecule has 2 aromatic rings. The van der Waals surface area contributed by atoms with Gasteiger partial charge in [0.25, 0.3) is 0 Å². The average Bonchev–Trinajstić information content (AvgIpc) is 2.67. The molecule has 0 saturated carbocycles. The van der Waals surface area contributed by atoms with Gasteiger partial charge in [-0.05, 0) is 37.3 Å². The Bertz CT molecular complexity index is 547. The summed E-state index contributed by atoms with van der Waals surface area (Å²) in [6.45, 7) is 13.3. The van der Waals surface area contributed by atoms with Crippen LogP contribution in [-0.4, -0.2) is 9.78 Å². The second-order valence-corrected chi connectivity index (χ2v) is 6.01. The third kappa shape index (κ3) is 2.16. The summed E-state index contributed by atoms with van der Waals surface area (Å²) < 4.78 is 2.16. The van der Waals surface area contributed by atoms with E-state index in [1.807, 2.05) is 0 Å². The Balaban J connectivity index is 2.71. The second kappa shape index (κ2) is 4.75. The highest BCUT2D eigenvalue weighted by Crippen LogP contribution is 2.29. The maximum Gasteiger partial charge on any atom is 0.0728 e. The van der Waals surface area contributed by atoms with Gasteiger partial charge < -0.3 is 0 Å². The largest absolute Gasteiger partial charge is 0.262 e. The second-order valence-electron chi connectivity index (χ2n) is 6.01. The molecule has 0 N–H and O–H groups in total. The zero-order valence-corrected chi connectivity index (χ0v) is 12.4. The van der Waals surface area contributed by atoms with E-state index in [0.717, 1.165) is 0 Å². The van der Waals surface area contributed by atoms with Gasteiger partial charge in [-0.2, -0.15) is 5.10 Å². The first-order valence-corrected chi connectivity index (χ1v) is 6.93. The molecule has 0 spiro atoms. The summed E-state index contributed by atoms with van der Waals surface area (Å²) in [6, 6.07) is 7.19. The minimum atomic E-state index is 0.405. The van der Waals surface area contributed by atoms with E-state index in [1.54, 1.807) is 0 Å². The Morgan fingerprint density at radius 2 is 1.61 bits per heavy atom. The number of benzene rings is 1. The zero-order chi connectivity index (χ0) is 13.4. The van der Waals surface area contributed by atoms with Crippen molar-refractivity contribution < 1.29 is 0 Å². The Labute approximate surface area is 110 Å². The maximum atomic E-state index is 4.81. The number of nitrogens with zero attached hydrogens (tertiary/aromatic N) is 2. The van der Waals surface area contributed by atoms with Gasteiger partial charge in [-0.3, -0.25) is 4.68 Å². The van der Waals surface area contributed by atoms with Gasteiger partial charge in [-0.15, -0.1) is 0 Å². The minimum Gasteiger partial charge on any atom is -0.262 e. The third-order valence-corrected chi connectivity index (χ3v) is 3.46. The summed E-state index contributed by atoms with van der Waals surface area (Å²) in [4.78, 5) is 0. The predicted molar refractivity (Wildman–Crippen MR) is 78.3 cm³/mol. The molecule has 0 atom stereocenters. The fraction of sp³-hybridized carbons (Fsp3) is 0.562. The monoisotopic (exact) mass is 244 g/mol. The average molecular weight is 244 g/mol. The fourth-order valence-corrected chi connectivity index (χ4v) is 2.36. The molecule has 1 heterocycles. The van der Waals surface area contributed by atoms with Crippen LogP contribution in [0.1, 0.15) is 70.7 Å². The van der Waals surface area contributed by atoms with Crippen LogP contribution in [0.25, 0.3) is 10.9 Å². The lowest BCUT2D eigenvalue weighted by atomic mass is 9.99. The summed E-state index contributed by atoms with van der Waals surface area (Å²) in [6.07, 6.45) is 0. The number of hydrogen-bond acceptors (Lipinski definition) is 1. The molecular formula is C16H24N2. The van der Waals surface area contributed by atoms with E-state index in [2.05, 4.69) is 64.4 Å².